The molecule has 0 bridgehead atoms. The summed E-state index contributed by atoms with van der Waals surface area (Å²) in [4.78, 5) is 1.88. The van der Waals surface area contributed by atoms with Crippen molar-refractivity contribution in [2.24, 2.45) is 0 Å². The Bertz CT molecular complexity index is 435. The van der Waals surface area contributed by atoms with Crippen LogP contribution in [-0.4, -0.2) is 32.1 Å². The minimum Gasteiger partial charge on any atom is -0.371 e. The summed E-state index contributed by atoms with van der Waals surface area (Å²) >= 11 is 1.68. The third kappa shape index (κ3) is 4.31. The van der Waals surface area contributed by atoms with E-state index in [-0.39, 0.29) is 18.2 Å². The van der Waals surface area contributed by atoms with Crippen LogP contribution in [0, 0.1) is 0 Å². The first kappa shape index (κ1) is 17.2. The van der Waals surface area contributed by atoms with Crippen molar-refractivity contribution in [1.82, 2.24) is 5.32 Å². The summed E-state index contributed by atoms with van der Waals surface area (Å²) in [6, 6.07) is 4.72. The highest BCUT2D eigenvalue weighted by Crippen LogP contribution is 2.35. The topological polar surface area (TPSA) is 15.3 Å². The van der Waals surface area contributed by atoms with Crippen LogP contribution in [-0.2, 0) is 12.7 Å². The maximum absolute atomic E-state index is 13.1. The molecule has 20 heavy (non-hydrogen) atoms. The Kier molecular flexibility index (Phi) is 6.20. The Morgan fingerprint density at radius 2 is 2.00 bits per heavy atom. The molecule has 1 N–H and O–H groups in total. The maximum atomic E-state index is 13.1. The minimum absolute atomic E-state index is 0.182. The van der Waals surface area contributed by atoms with Gasteiger partial charge in [-0.2, -0.15) is 24.9 Å². The smallest absolute Gasteiger partial charge is 0.371 e. The lowest BCUT2D eigenvalue weighted by Crippen LogP contribution is -2.31. The van der Waals surface area contributed by atoms with Crippen molar-refractivity contribution in [3.05, 3.63) is 29.3 Å². The van der Waals surface area contributed by atoms with E-state index in [1.165, 1.54) is 6.07 Å². The fourth-order valence-corrected chi connectivity index (χ4v) is 2.71. The number of rotatable bonds is 6. The monoisotopic (exact) mass is 306 g/mol. The summed E-state index contributed by atoms with van der Waals surface area (Å²) in [6.07, 6.45) is -2.34. The molecule has 0 radical (unpaired) electrons. The molecule has 0 fully saturated rings. The van der Waals surface area contributed by atoms with Gasteiger partial charge in [0.15, 0.2) is 0 Å². The summed E-state index contributed by atoms with van der Waals surface area (Å²) in [5, 5.41) is 2.77. The normalized spacial score (nSPS) is 13.3. The molecule has 1 unspecified atom stereocenters. The fraction of sp³-hybridized carbons (Fsp3) is 0.571. The summed E-state index contributed by atoms with van der Waals surface area (Å²) < 4.78 is 39.3. The second-order valence-electron chi connectivity index (χ2n) is 4.78. The van der Waals surface area contributed by atoms with Crippen molar-refractivity contribution in [3.8, 4) is 0 Å². The lowest BCUT2D eigenvalue weighted by molar-refractivity contribution is -0.138. The Hall–Kier alpha value is -0.880. The highest BCUT2D eigenvalue weighted by molar-refractivity contribution is 7.98. The predicted molar refractivity (Wildman–Crippen MR) is 80.5 cm³/mol. The van der Waals surface area contributed by atoms with Crippen LogP contribution >= 0.6 is 11.8 Å². The number of nitrogens with zero attached hydrogens (tertiary/aromatic N) is 1. The van der Waals surface area contributed by atoms with Crippen LogP contribution in [0.1, 0.15) is 18.1 Å². The minimum atomic E-state index is -4.33. The Morgan fingerprint density at radius 1 is 1.35 bits per heavy atom. The highest BCUT2D eigenvalue weighted by Gasteiger charge is 2.33. The molecule has 1 atom stereocenters. The zero-order chi connectivity index (χ0) is 15.3. The van der Waals surface area contributed by atoms with Crippen LogP contribution in [0.5, 0.6) is 0 Å². The molecule has 0 aliphatic carbocycles. The molecule has 0 spiro atoms. The fourth-order valence-electron chi connectivity index (χ4n) is 2.00. The lowest BCUT2D eigenvalue weighted by atomic mass is 10.0. The average Bonchev–Trinajstić information content (AvgIpc) is 2.37. The van der Waals surface area contributed by atoms with Crippen molar-refractivity contribution in [2.45, 2.75) is 25.7 Å². The largest absolute Gasteiger partial charge is 0.416 e. The van der Waals surface area contributed by atoms with Gasteiger partial charge >= 0.3 is 6.18 Å². The van der Waals surface area contributed by atoms with Gasteiger partial charge in [-0.1, -0.05) is 6.07 Å². The number of thioether (sulfide) groups is 1. The van der Waals surface area contributed by atoms with Crippen molar-refractivity contribution in [3.63, 3.8) is 0 Å². The van der Waals surface area contributed by atoms with E-state index in [0.29, 0.717) is 5.69 Å². The third-order valence-corrected chi connectivity index (χ3v) is 4.06. The summed E-state index contributed by atoms with van der Waals surface area (Å²) in [5.41, 5.74) is 0.306. The molecule has 6 heteroatoms. The third-order valence-electron chi connectivity index (χ3n) is 3.24. The molecule has 2 nitrogen and oxygen atoms in total. The predicted octanol–water partition coefficient (Wildman–Crippen LogP) is 3.61. The van der Waals surface area contributed by atoms with Gasteiger partial charge in [-0.25, -0.2) is 0 Å². The van der Waals surface area contributed by atoms with Gasteiger partial charge in [0.05, 0.1) is 5.56 Å². The molecule has 1 aromatic carbocycles. The standard InChI is InChI=1S/C14H21F3N2S/c1-10(9-20-4)19(3)12-6-5-11(8-18-2)13(7-12)14(15,16)17/h5-7,10,18H,8-9H2,1-4H3. The molecular formula is C14H21F3N2S. The quantitative estimate of drug-likeness (QED) is 0.864. The average molecular weight is 306 g/mol. The molecule has 114 valence electrons. The lowest BCUT2D eigenvalue weighted by Gasteiger charge is -2.27. The first-order valence-electron chi connectivity index (χ1n) is 6.37. The molecule has 0 saturated carbocycles. The Balaban J connectivity index is 3.12. The van der Waals surface area contributed by atoms with Gasteiger partial charge in [-0.05, 0) is 37.9 Å². The summed E-state index contributed by atoms with van der Waals surface area (Å²) in [7, 11) is 3.47. The molecule has 0 aliphatic rings. The van der Waals surface area contributed by atoms with Crippen molar-refractivity contribution in [1.29, 1.82) is 0 Å². The van der Waals surface area contributed by atoms with Crippen molar-refractivity contribution in [2.75, 3.05) is 31.0 Å². The Labute approximate surface area is 122 Å². The maximum Gasteiger partial charge on any atom is 0.416 e. The number of alkyl halides is 3. The number of hydrogen-bond donors (Lipinski definition) is 1. The number of hydrogen-bond acceptors (Lipinski definition) is 3. The van der Waals surface area contributed by atoms with E-state index in [1.807, 2.05) is 25.1 Å². The van der Waals surface area contributed by atoms with Crippen molar-refractivity contribution >= 4 is 17.4 Å². The van der Waals surface area contributed by atoms with Gasteiger partial charge < -0.3 is 10.2 Å². The van der Waals surface area contributed by atoms with Crippen LogP contribution in [0.25, 0.3) is 0 Å². The molecule has 1 rings (SSSR count). The van der Waals surface area contributed by atoms with Crippen molar-refractivity contribution < 1.29 is 13.2 Å². The van der Waals surface area contributed by atoms with Crippen LogP contribution in [0.15, 0.2) is 18.2 Å². The molecule has 0 aliphatic heterocycles. The molecular weight excluding hydrogens is 285 g/mol. The van der Waals surface area contributed by atoms with E-state index in [0.717, 1.165) is 5.75 Å². The second kappa shape index (κ2) is 7.22. The van der Waals surface area contributed by atoms with Gasteiger partial charge in [-0.15, -0.1) is 0 Å². The molecule has 0 aromatic heterocycles. The van der Waals surface area contributed by atoms with Crippen LogP contribution in [0.3, 0.4) is 0 Å². The molecule has 1 aromatic rings. The number of anilines is 1. The summed E-state index contributed by atoms with van der Waals surface area (Å²) in [6.45, 7) is 2.21. The summed E-state index contributed by atoms with van der Waals surface area (Å²) in [5.74, 6) is 0.871. The SMILES string of the molecule is CNCc1ccc(N(C)C(C)CSC)cc1C(F)(F)F. The van der Waals surface area contributed by atoms with Crippen LogP contribution < -0.4 is 10.2 Å². The van der Waals surface area contributed by atoms with E-state index in [1.54, 1.807) is 30.9 Å². The van der Waals surface area contributed by atoms with Gasteiger partial charge in [-0.3, -0.25) is 0 Å². The van der Waals surface area contributed by atoms with Gasteiger partial charge in [0, 0.05) is 31.1 Å². The number of halogens is 3. The van der Waals surface area contributed by atoms with E-state index in [4.69, 9.17) is 0 Å². The van der Waals surface area contributed by atoms with E-state index < -0.39 is 11.7 Å². The van der Waals surface area contributed by atoms with Gasteiger partial charge in [0.2, 0.25) is 0 Å². The van der Waals surface area contributed by atoms with E-state index >= 15 is 0 Å². The zero-order valence-corrected chi connectivity index (χ0v) is 13.0. The molecule has 0 saturated heterocycles. The van der Waals surface area contributed by atoms with Gasteiger partial charge in [0.25, 0.3) is 0 Å². The molecule has 0 amide bonds. The second-order valence-corrected chi connectivity index (χ2v) is 5.70. The Morgan fingerprint density at radius 3 is 2.50 bits per heavy atom. The highest BCUT2D eigenvalue weighted by atomic mass is 32.2. The first-order chi connectivity index (χ1) is 9.31. The van der Waals surface area contributed by atoms with Crippen LogP contribution in [0.4, 0.5) is 18.9 Å². The van der Waals surface area contributed by atoms with E-state index in [9.17, 15) is 13.2 Å². The number of benzene rings is 1. The number of nitrogens with one attached hydrogen (secondary N) is 1. The first-order valence-corrected chi connectivity index (χ1v) is 7.77. The zero-order valence-electron chi connectivity index (χ0n) is 12.2. The molecule has 0 heterocycles. The van der Waals surface area contributed by atoms with Gasteiger partial charge in [0.1, 0.15) is 0 Å². The van der Waals surface area contributed by atoms with E-state index in [2.05, 4.69) is 5.32 Å². The van der Waals surface area contributed by atoms with Crippen LogP contribution in [0.2, 0.25) is 0 Å².